The summed E-state index contributed by atoms with van der Waals surface area (Å²) in [6, 6.07) is 0. The third-order valence-corrected chi connectivity index (χ3v) is 1.96. The Hall–Kier alpha value is -1.93. The molecule has 0 saturated heterocycles. The van der Waals surface area contributed by atoms with Gasteiger partial charge in [-0.05, 0) is 20.3 Å². The zero-order valence-electron chi connectivity index (χ0n) is 13.2. The van der Waals surface area contributed by atoms with Crippen molar-refractivity contribution in [2.24, 2.45) is 5.84 Å². The molecule has 2 amide bonds. The van der Waals surface area contributed by atoms with E-state index in [4.69, 9.17) is 16.1 Å². The summed E-state index contributed by atoms with van der Waals surface area (Å²) >= 11 is 0. The Morgan fingerprint density at radius 2 is 1.76 bits per heavy atom. The lowest BCUT2D eigenvalue weighted by atomic mass is 10.4. The average molecular weight is 305 g/mol. The number of allylic oxidation sites excluding steroid dienone is 1. The molecule has 0 aromatic carbocycles. The number of carbonyl (C=O) groups is 3. The number of hydrazine groups is 1. The van der Waals surface area contributed by atoms with Crippen LogP contribution in [0.4, 0.5) is 0 Å². The number of nitrogens with zero attached hydrogens (tertiary/aromatic N) is 2. The lowest BCUT2D eigenvalue weighted by Gasteiger charge is -2.11. The van der Waals surface area contributed by atoms with Crippen molar-refractivity contribution in [3.8, 4) is 0 Å². The number of rotatable bonds is 7. The third-order valence-electron chi connectivity index (χ3n) is 1.96. The first-order valence-electron chi connectivity index (χ1n) is 6.47. The lowest BCUT2D eigenvalue weighted by Crippen LogP contribution is -2.40. The van der Waals surface area contributed by atoms with Crippen molar-refractivity contribution >= 4 is 18.3 Å². The fourth-order valence-corrected chi connectivity index (χ4v) is 1.03. The van der Waals surface area contributed by atoms with E-state index in [2.05, 4.69) is 6.92 Å². The van der Waals surface area contributed by atoms with Crippen LogP contribution >= 0.6 is 0 Å². The molecule has 0 aromatic rings. The van der Waals surface area contributed by atoms with Crippen LogP contribution in [0.2, 0.25) is 0 Å². The van der Waals surface area contributed by atoms with Crippen LogP contribution < -0.4 is 5.84 Å². The highest BCUT2D eigenvalue weighted by atomic mass is 16.4. The Balaban J connectivity index is -0.000000286. The number of amides is 2. The molecule has 21 heavy (non-hydrogen) atoms. The number of carboxylic acids is 1. The molecule has 0 aliphatic heterocycles. The van der Waals surface area contributed by atoms with Crippen LogP contribution in [0.3, 0.4) is 0 Å². The van der Waals surface area contributed by atoms with E-state index in [9.17, 15) is 14.4 Å². The van der Waals surface area contributed by atoms with Gasteiger partial charge in [-0.25, -0.2) is 5.84 Å². The number of hydrogen-bond acceptors (Lipinski definition) is 5. The molecule has 0 spiro atoms. The second-order valence-electron chi connectivity index (χ2n) is 3.59. The highest BCUT2D eigenvalue weighted by Crippen LogP contribution is 1.83. The molecule has 0 rings (SSSR count). The molecular weight excluding hydrogens is 278 g/mol. The Bertz CT molecular complexity index is 308. The predicted octanol–water partition coefficient (Wildman–Crippen LogP) is -0.167. The molecule has 0 aromatic heterocycles. The molecule has 0 saturated carbocycles. The van der Waals surface area contributed by atoms with E-state index in [-0.39, 0.29) is 0 Å². The van der Waals surface area contributed by atoms with Crippen molar-refractivity contribution in [2.75, 3.05) is 26.7 Å². The summed E-state index contributed by atoms with van der Waals surface area (Å²) in [5, 5.41) is 15.8. The van der Waals surface area contributed by atoms with Gasteiger partial charge in [-0.3, -0.25) is 19.4 Å². The first kappa shape index (κ1) is 24.1. The normalized spacial score (nSPS) is 8.86. The van der Waals surface area contributed by atoms with Crippen LogP contribution in [0.5, 0.6) is 0 Å². The summed E-state index contributed by atoms with van der Waals surface area (Å²) in [5.74, 6) is 3.40. The Kier molecular flexibility index (Phi) is 20.7. The predicted molar refractivity (Wildman–Crippen MR) is 80.1 cm³/mol. The SMILES string of the molecule is C/C=C/C(=O)N(N)CC(=O)O.CCCN(C=O)CC.CO. The molecule has 0 radical (unpaired) electrons. The molecule has 8 heteroatoms. The minimum Gasteiger partial charge on any atom is -0.480 e. The van der Waals surface area contributed by atoms with Crippen LogP contribution in [-0.2, 0) is 14.4 Å². The van der Waals surface area contributed by atoms with Crippen molar-refractivity contribution in [1.82, 2.24) is 9.91 Å². The summed E-state index contributed by atoms with van der Waals surface area (Å²) in [4.78, 5) is 32.6. The molecule has 0 bridgehead atoms. The number of nitrogens with two attached hydrogens (primary N) is 1. The number of aliphatic carboxylic acids is 1. The van der Waals surface area contributed by atoms with Gasteiger partial charge >= 0.3 is 5.97 Å². The molecule has 124 valence electrons. The number of aliphatic hydroxyl groups is 1. The average Bonchev–Trinajstić information content (AvgIpc) is 2.47. The van der Waals surface area contributed by atoms with Crippen molar-refractivity contribution in [3.63, 3.8) is 0 Å². The minimum atomic E-state index is -1.13. The minimum absolute atomic E-state index is 0.483. The maximum atomic E-state index is 10.7. The van der Waals surface area contributed by atoms with E-state index in [1.54, 1.807) is 11.8 Å². The zero-order chi connectivity index (χ0) is 17.3. The summed E-state index contributed by atoms with van der Waals surface area (Å²) in [6.07, 6.45) is 4.63. The van der Waals surface area contributed by atoms with Crippen LogP contribution in [0.25, 0.3) is 0 Å². The largest absolute Gasteiger partial charge is 0.480 e. The Morgan fingerprint density at radius 1 is 1.24 bits per heavy atom. The van der Waals surface area contributed by atoms with Crippen LogP contribution in [-0.4, -0.2) is 65.2 Å². The maximum absolute atomic E-state index is 10.7. The van der Waals surface area contributed by atoms with Crippen LogP contribution in [0.1, 0.15) is 27.2 Å². The molecular formula is C13H27N3O5. The number of carbonyl (C=O) groups excluding carboxylic acids is 2. The van der Waals surface area contributed by atoms with E-state index in [0.717, 1.165) is 33.0 Å². The second kappa shape index (κ2) is 18.1. The lowest BCUT2D eigenvalue weighted by molar-refractivity contribution is -0.142. The maximum Gasteiger partial charge on any atom is 0.324 e. The van der Waals surface area contributed by atoms with Crippen LogP contribution in [0.15, 0.2) is 12.2 Å². The number of aliphatic hydroxyl groups excluding tert-OH is 1. The van der Waals surface area contributed by atoms with Gasteiger partial charge in [0, 0.05) is 26.3 Å². The number of carboxylic acid groups (broad SMARTS) is 1. The monoisotopic (exact) mass is 305 g/mol. The Morgan fingerprint density at radius 3 is 2.00 bits per heavy atom. The van der Waals surface area contributed by atoms with E-state index in [1.165, 1.54) is 12.2 Å². The topological polar surface area (TPSA) is 124 Å². The van der Waals surface area contributed by atoms with Crippen molar-refractivity contribution < 1.29 is 24.6 Å². The highest BCUT2D eigenvalue weighted by Gasteiger charge is 2.08. The molecule has 8 nitrogen and oxygen atoms in total. The summed E-state index contributed by atoms with van der Waals surface area (Å²) in [7, 11) is 1.00. The summed E-state index contributed by atoms with van der Waals surface area (Å²) in [6.45, 7) is 6.92. The standard InChI is InChI=1S/C6H10N2O3.C6H13NO.CH4O/c1-2-3-5(9)8(7)4-6(10)11;1-3-5-7(4-2)6-8;1-2/h2-3H,4,7H2,1H3,(H,10,11);6H,3-5H2,1-2H3;2H,1H3/b3-2+;;. The fourth-order valence-electron chi connectivity index (χ4n) is 1.03. The Labute approximate surface area is 125 Å². The fraction of sp³-hybridized carbons (Fsp3) is 0.615. The molecule has 0 atom stereocenters. The molecule has 0 fully saturated rings. The van der Waals surface area contributed by atoms with Gasteiger partial charge in [-0.15, -0.1) is 0 Å². The molecule has 0 unspecified atom stereocenters. The third kappa shape index (κ3) is 18.1. The first-order chi connectivity index (χ1) is 9.92. The highest BCUT2D eigenvalue weighted by molar-refractivity contribution is 5.89. The first-order valence-corrected chi connectivity index (χ1v) is 6.47. The van der Waals surface area contributed by atoms with E-state index in [0.29, 0.717) is 5.01 Å². The summed E-state index contributed by atoms with van der Waals surface area (Å²) in [5.41, 5.74) is 0. The second-order valence-corrected chi connectivity index (χ2v) is 3.59. The van der Waals surface area contributed by atoms with Gasteiger partial charge in [0.15, 0.2) is 0 Å². The summed E-state index contributed by atoms with van der Waals surface area (Å²) < 4.78 is 0. The van der Waals surface area contributed by atoms with Gasteiger partial charge in [-0.1, -0.05) is 13.0 Å². The van der Waals surface area contributed by atoms with Crippen molar-refractivity contribution in [2.45, 2.75) is 27.2 Å². The molecule has 0 heterocycles. The molecule has 0 aliphatic rings. The van der Waals surface area contributed by atoms with Crippen LogP contribution in [0, 0.1) is 0 Å². The van der Waals surface area contributed by atoms with E-state index in [1.807, 2.05) is 6.92 Å². The molecule has 0 aliphatic carbocycles. The van der Waals surface area contributed by atoms with E-state index < -0.39 is 18.4 Å². The smallest absolute Gasteiger partial charge is 0.324 e. The van der Waals surface area contributed by atoms with Gasteiger partial charge in [0.1, 0.15) is 6.54 Å². The van der Waals surface area contributed by atoms with E-state index >= 15 is 0 Å². The quantitative estimate of drug-likeness (QED) is 0.197. The van der Waals surface area contributed by atoms with Gasteiger partial charge in [-0.2, -0.15) is 0 Å². The van der Waals surface area contributed by atoms with Crippen molar-refractivity contribution in [3.05, 3.63) is 12.2 Å². The van der Waals surface area contributed by atoms with Crippen molar-refractivity contribution in [1.29, 1.82) is 0 Å². The number of hydrogen-bond donors (Lipinski definition) is 3. The van der Waals surface area contributed by atoms with Gasteiger partial charge < -0.3 is 15.1 Å². The van der Waals surface area contributed by atoms with Gasteiger partial charge in [0.05, 0.1) is 0 Å². The van der Waals surface area contributed by atoms with Gasteiger partial charge in [0.2, 0.25) is 6.41 Å². The zero-order valence-corrected chi connectivity index (χ0v) is 13.2. The molecule has 4 N–H and O–H groups in total. The van der Waals surface area contributed by atoms with Gasteiger partial charge in [0.25, 0.3) is 5.91 Å².